The lowest BCUT2D eigenvalue weighted by molar-refractivity contribution is 0.784. The minimum absolute atomic E-state index is 0.650. The van der Waals surface area contributed by atoms with E-state index in [1.807, 2.05) is 26.2 Å². The second kappa shape index (κ2) is 6.73. The minimum Gasteiger partial charge on any atom is -0.383 e. The molecule has 0 aliphatic carbocycles. The van der Waals surface area contributed by atoms with Crippen molar-refractivity contribution in [2.75, 3.05) is 30.9 Å². The van der Waals surface area contributed by atoms with E-state index in [2.05, 4.69) is 28.4 Å². The molecule has 0 aliphatic heterocycles. The van der Waals surface area contributed by atoms with Crippen molar-refractivity contribution in [2.24, 2.45) is 0 Å². The van der Waals surface area contributed by atoms with Crippen molar-refractivity contribution >= 4 is 11.4 Å². The van der Waals surface area contributed by atoms with Gasteiger partial charge in [0.25, 0.3) is 0 Å². The van der Waals surface area contributed by atoms with Crippen molar-refractivity contribution < 1.29 is 0 Å². The van der Waals surface area contributed by atoms with Crippen molar-refractivity contribution in [2.45, 2.75) is 19.3 Å². The third-order valence-corrected chi connectivity index (χ3v) is 2.42. The van der Waals surface area contributed by atoms with Crippen molar-refractivity contribution in [1.82, 2.24) is 0 Å². The molecule has 1 aromatic carbocycles. The fourth-order valence-electron chi connectivity index (χ4n) is 1.57. The molecule has 16 heavy (non-hydrogen) atoms. The summed E-state index contributed by atoms with van der Waals surface area (Å²) in [5, 5.41) is 11.8. The lowest BCUT2D eigenvalue weighted by atomic mass is 10.2. The van der Waals surface area contributed by atoms with Crippen molar-refractivity contribution in [3.8, 4) is 6.07 Å². The van der Waals surface area contributed by atoms with Gasteiger partial charge >= 0.3 is 0 Å². The third kappa shape index (κ3) is 3.82. The van der Waals surface area contributed by atoms with Crippen LogP contribution in [0.2, 0.25) is 0 Å². The molecule has 0 fully saturated rings. The first-order valence-corrected chi connectivity index (χ1v) is 5.63. The minimum atomic E-state index is 0.650. The Morgan fingerprint density at radius 1 is 1.25 bits per heavy atom. The lowest BCUT2D eigenvalue weighted by Crippen LogP contribution is -2.12. The number of hydrogen-bond donors (Lipinski definition) is 1. The third-order valence-electron chi connectivity index (χ3n) is 2.42. The Balaban J connectivity index is 2.44. The van der Waals surface area contributed by atoms with Crippen LogP contribution in [-0.2, 0) is 0 Å². The zero-order valence-electron chi connectivity index (χ0n) is 10.0. The molecule has 1 rings (SSSR count). The van der Waals surface area contributed by atoms with Crippen molar-refractivity contribution in [1.29, 1.82) is 5.26 Å². The van der Waals surface area contributed by atoms with Crippen LogP contribution in [0.15, 0.2) is 24.3 Å². The van der Waals surface area contributed by atoms with E-state index in [0.29, 0.717) is 6.42 Å². The summed E-state index contributed by atoms with van der Waals surface area (Å²) in [4.78, 5) is 2.09. The summed E-state index contributed by atoms with van der Waals surface area (Å²) in [6.45, 7) is 0.923. The predicted octanol–water partition coefficient (Wildman–Crippen LogP) is 2.86. The molecule has 86 valence electrons. The van der Waals surface area contributed by atoms with Crippen LogP contribution in [-0.4, -0.2) is 20.6 Å². The van der Waals surface area contributed by atoms with Crippen LogP contribution < -0.4 is 10.2 Å². The Labute approximate surface area is 97.7 Å². The number of para-hydroxylation sites is 2. The van der Waals surface area contributed by atoms with Gasteiger partial charge in [0, 0.05) is 27.1 Å². The Kier molecular flexibility index (Phi) is 5.21. The topological polar surface area (TPSA) is 39.1 Å². The zero-order valence-corrected chi connectivity index (χ0v) is 10.0. The first-order valence-electron chi connectivity index (χ1n) is 5.63. The highest BCUT2D eigenvalue weighted by atomic mass is 15.1. The van der Waals surface area contributed by atoms with Crippen LogP contribution in [0.5, 0.6) is 0 Å². The number of nitrogens with zero attached hydrogens (tertiary/aromatic N) is 2. The smallest absolute Gasteiger partial charge is 0.0621 e. The second-order valence-corrected chi connectivity index (χ2v) is 3.95. The predicted molar refractivity (Wildman–Crippen MR) is 68.7 cm³/mol. The van der Waals surface area contributed by atoms with Crippen LogP contribution in [0.1, 0.15) is 19.3 Å². The van der Waals surface area contributed by atoms with E-state index in [4.69, 9.17) is 5.26 Å². The van der Waals surface area contributed by atoms with Gasteiger partial charge in [-0.25, -0.2) is 0 Å². The Bertz CT molecular complexity index is 352. The van der Waals surface area contributed by atoms with E-state index in [9.17, 15) is 0 Å². The molecule has 0 radical (unpaired) electrons. The standard InChI is InChI=1S/C13H19N3/c1-16(2)13-9-5-4-8-12(13)15-11-7-3-6-10-14/h4-5,8-9,15H,3,6-7,11H2,1-2H3. The largest absolute Gasteiger partial charge is 0.383 e. The van der Waals surface area contributed by atoms with Gasteiger partial charge in [-0.1, -0.05) is 12.1 Å². The molecule has 0 saturated carbocycles. The van der Waals surface area contributed by atoms with Crippen LogP contribution >= 0.6 is 0 Å². The fraction of sp³-hybridized carbons (Fsp3) is 0.462. The maximum atomic E-state index is 8.42. The summed E-state index contributed by atoms with van der Waals surface area (Å²) in [6.07, 6.45) is 2.65. The molecule has 0 heterocycles. The molecule has 0 bridgehead atoms. The number of rotatable bonds is 6. The number of nitrogens with one attached hydrogen (secondary N) is 1. The molecule has 3 heteroatoms. The second-order valence-electron chi connectivity index (χ2n) is 3.95. The summed E-state index contributed by atoms with van der Waals surface area (Å²) in [5.74, 6) is 0. The Morgan fingerprint density at radius 3 is 2.69 bits per heavy atom. The number of anilines is 2. The number of hydrogen-bond acceptors (Lipinski definition) is 3. The molecule has 1 aromatic rings. The number of unbranched alkanes of at least 4 members (excludes halogenated alkanes) is 2. The summed E-state index contributed by atoms with van der Waals surface area (Å²) in [6, 6.07) is 10.4. The molecule has 3 nitrogen and oxygen atoms in total. The van der Waals surface area contributed by atoms with Gasteiger partial charge in [0.2, 0.25) is 0 Å². The molecule has 0 unspecified atom stereocenters. The highest BCUT2D eigenvalue weighted by Gasteiger charge is 2.01. The van der Waals surface area contributed by atoms with E-state index >= 15 is 0 Å². The van der Waals surface area contributed by atoms with Crippen LogP contribution in [0.3, 0.4) is 0 Å². The van der Waals surface area contributed by atoms with E-state index < -0.39 is 0 Å². The number of benzene rings is 1. The van der Waals surface area contributed by atoms with Gasteiger partial charge in [-0.2, -0.15) is 5.26 Å². The van der Waals surface area contributed by atoms with E-state index in [1.165, 1.54) is 5.69 Å². The van der Waals surface area contributed by atoms with E-state index in [0.717, 1.165) is 25.1 Å². The highest BCUT2D eigenvalue weighted by molar-refractivity contribution is 5.69. The summed E-state index contributed by atoms with van der Waals surface area (Å²) in [5.41, 5.74) is 2.35. The molecule has 0 spiro atoms. The maximum absolute atomic E-state index is 8.42. The van der Waals surface area contributed by atoms with Crippen molar-refractivity contribution in [3.63, 3.8) is 0 Å². The van der Waals surface area contributed by atoms with Gasteiger partial charge in [0.1, 0.15) is 0 Å². The van der Waals surface area contributed by atoms with Gasteiger partial charge in [-0.3, -0.25) is 0 Å². The SMILES string of the molecule is CN(C)c1ccccc1NCCCCC#N. The normalized spacial score (nSPS) is 9.56. The lowest BCUT2D eigenvalue weighted by Gasteiger charge is -2.18. The zero-order chi connectivity index (χ0) is 11.8. The first kappa shape index (κ1) is 12.4. The van der Waals surface area contributed by atoms with Gasteiger partial charge < -0.3 is 10.2 Å². The molecule has 0 aliphatic rings. The molecule has 0 amide bonds. The molecular formula is C13H19N3. The van der Waals surface area contributed by atoms with E-state index in [1.54, 1.807) is 0 Å². The van der Waals surface area contributed by atoms with Gasteiger partial charge in [0.15, 0.2) is 0 Å². The Hall–Kier alpha value is -1.69. The maximum Gasteiger partial charge on any atom is 0.0621 e. The average Bonchev–Trinajstić information content (AvgIpc) is 2.29. The quantitative estimate of drug-likeness (QED) is 0.745. The fourth-order valence-corrected chi connectivity index (χ4v) is 1.57. The number of nitriles is 1. The monoisotopic (exact) mass is 217 g/mol. The van der Waals surface area contributed by atoms with Gasteiger partial charge in [-0.15, -0.1) is 0 Å². The molecule has 0 saturated heterocycles. The Morgan fingerprint density at radius 2 is 2.00 bits per heavy atom. The first-order chi connectivity index (χ1) is 7.75. The molecule has 0 aromatic heterocycles. The molecule has 0 atom stereocenters. The molecule has 1 N–H and O–H groups in total. The summed E-state index contributed by atoms with van der Waals surface area (Å²) in [7, 11) is 4.08. The summed E-state index contributed by atoms with van der Waals surface area (Å²) >= 11 is 0. The van der Waals surface area contributed by atoms with Crippen LogP contribution in [0, 0.1) is 11.3 Å². The van der Waals surface area contributed by atoms with Gasteiger partial charge in [-0.05, 0) is 25.0 Å². The summed E-state index contributed by atoms with van der Waals surface area (Å²) < 4.78 is 0. The van der Waals surface area contributed by atoms with Gasteiger partial charge in [0.05, 0.1) is 17.4 Å². The average molecular weight is 217 g/mol. The van der Waals surface area contributed by atoms with E-state index in [-0.39, 0.29) is 0 Å². The van der Waals surface area contributed by atoms with Crippen LogP contribution in [0.25, 0.3) is 0 Å². The highest BCUT2D eigenvalue weighted by Crippen LogP contribution is 2.23. The van der Waals surface area contributed by atoms with Crippen molar-refractivity contribution in [3.05, 3.63) is 24.3 Å². The van der Waals surface area contributed by atoms with Crippen LogP contribution in [0.4, 0.5) is 11.4 Å². The molecular weight excluding hydrogens is 198 g/mol.